The Bertz CT molecular complexity index is 876. The van der Waals surface area contributed by atoms with E-state index < -0.39 is 17.9 Å². The highest BCUT2D eigenvalue weighted by Crippen LogP contribution is 2.36. The van der Waals surface area contributed by atoms with Crippen LogP contribution in [0.25, 0.3) is 0 Å². The van der Waals surface area contributed by atoms with Crippen molar-refractivity contribution in [3.05, 3.63) is 64.7 Å². The first-order valence-electron chi connectivity index (χ1n) is 7.51. The predicted molar refractivity (Wildman–Crippen MR) is 90.0 cm³/mol. The van der Waals surface area contributed by atoms with E-state index in [9.17, 15) is 9.59 Å². The second-order valence-corrected chi connectivity index (χ2v) is 6.21. The molecule has 0 saturated carbocycles. The highest BCUT2D eigenvalue weighted by atomic mass is 35.5. The topological polar surface area (TPSA) is 59.0 Å². The van der Waals surface area contributed by atoms with E-state index in [2.05, 4.69) is 5.16 Å². The zero-order chi connectivity index (χ0) is 16.8. The quantitative estimate of drug-likeness (QED) is 0.790. The predicted octanol–water partition coefficient (Wildman–Crippen LogP) is 2.94. The number of halogens is 1. The second-order valence-electron chi connectivity index (χ2n) is 5.81. The lowest BCUT2D eigenvalue weighted by Crippen LogP contribution is -2.33. The summed E-state index contributed by atoms with van der Waals surface area (Å²) in [5, 5.41) is 4.43. The molecule has 24 heavy (non-hydrogen) atoms. The summed E-state index contributed by atoms with van der Waals surface area (Å²) in [5.74, 6) is -1.51. The molecule has 0 spiro atoms. The summed E-state index contributed by atoms with van der Waals surface area (Å²) in [6.45, 7) is 1.94. The van der Waals surface area contributed by atoms with Gasteiger partial charge in [0.15, 0.2) is 0 Å². The molecule has 0 aromatic heterocycles. The normalized spacial score (nSPS) is 22.4. The molecule has 2 amide bonds. The van der Waals surface area contributed by atoms with Crippen molar-refractivity contribution in [1.29, 1.82) is 0 Å². The van der Waals surface area contributed by atoms with Gasteiger partial charge in [-0.1, -0.05) is 52.7 Å². The van der Waals surface area contributed by atoms with Crippen LogP contribution in [0, 0.1) is 12.8 Å². The molecule has 0 aliphatic carbocycles. The number of aryl methyl sites for hydroxylation is 1. The molecule has 0 radical (unpaired) electrons. The number of imide groups is 1. The number of carbonyl (C=O) groups is 2. The number of carbonyl (C=O) groups excluding carboxylic acids is 2. The van der Waals surface area contributed by atoms with Crippen molar-refractivity contribution in [3.63, 3.8) is 0 Å². The van der Waals surface area contributed by atoms with E-state index in [-0.39, 0.29) is 5.91 Å². The Balaban J connectivity index is 1.73. The minimum Gasteiger partial charge on any atom is -0.381 e. The van der Waals surface area contributed by atoms with Crippen LogP contribution >= 0.6 is 11.6 Å². The SMILES string of the molecule is Cc1ccc(N2C(=O)[C@H]3C(c4ccccc4Cl)=NO[C@H]3C2=O)cc1. The van der Waals surface area contributed by atoms with E-state index in [1.54, 1.807) is 36.4 Å². The maximum atomic E-state index is 12.9. The van der Waals surface area contributed by atoms with Crippen molar-refractivity contribution in [3.8, 4) is 0 Å². The van der Waals surface area contributed by atoms with Gasteiger partial charge in [0.05, 0.1) is 5.69 Å². The molecular weight excluding hydrogens is 328 g/mol. The van der Waals surface area contributed by atoms with Gasteiger partial charge in [0.2, 0.25) is 12.0 Å². The number of nitrogens with zero attached hydrogens (tertiary/aromatic N) is 2. The molecule has 1 saturated heterocycles. The minimum absolute atomic E-state index is 0.343. The second kappa shape index (κ2) is 5.46. The molecule has 120 valence electrons. The van der Waals surface area contributed by atoms with E-state index >= 15 is 0 Å². The number of anilines is 1. The van der Waals surface area contributed by atoms with E-state index in [0.717, 1.165) is 5.56 Å². The molecule has 2 aromatic carbocycles. The molecule has 4 rings (SSSR count). The molecule has 0 bridgehead atoms. The lowest BCUT2D eigenvalue weighted by atomic mass is 9.94. The summed E-state index contributed by atoms with van der Waals surface area (Å²) in [6.07, 6.45) is -0.926. The minimum atomic E-state index is -0.926. The molecule has 5 nitrogen and oxygen atoms in total. The zero-order valence-corrected chi connectivity index (χ0v) is 13.5. The average molecular weight is 341 g/mol. The van der Waals surface area contributed by atoms with Gasteiger partial charge in [-0.2, -0.15) is 0 Å². The molecule has 2 heterocycles. The summed E-state index contributed by atoms with van der Waals surface area (Å²) in [7, 11) is 0. The van der Waals surface area contributed by atoms with Crippen LogP contribution in [0.2, 0.25) is 5.02 Å². The van der Waals surface area contributed by atoms with Crippen molar-refractivity contribution in [1.82, 2.24) is 0 Å². The van der Waals surface area contributed by atoms with Crippen molar-refractivity contribution in [2.45, 2.75) is 13.0 Å². The van der Waals surface area contributed by atoms with Gasteiger partial charge < -0.3 is 4.84 Å². The number of amides is 2. The largest absolute Gasteiger partial charge is 0.381 e. The third-order valence-electron chi connectivity index (χ3n) is 4.25. The van der Waals surface area contributed by atoms with Gasteiger partial charge in [0, 0.05) is 10.6 Å². The fourth-order valence-corrected chi connectivity index (χ4v) is 3.25. The molecule has 2 aliphatic rings. The first-order valence-corrected chi connectivity index (χ1v) is 7.89. The average Bonchev–Trinajstić information content (AvgIpc) is 3.10. The number of fused-ring (bicyclic) bond motifs is 1. The van der Waals surface area contributed by atoms with Crippen LogP contribution < -0.4 is 4.90 Å². The monoisotopic (exact) mass is 340 g/mol. The van der Waals surface area contributed by atoms with Crippen molar-refractivity contribution in [2.75, 3.05) is 4.90 Å². The fourth-order valence-electron chi connectivity index (χ4n) is 3.02. The highest BCUT2D eigenvalue weighted by Gasteiger charge is 2.56. The molecule has 0 unspecified atom stereocenters. The van der Waals surface area contributed by atoms with Crippen LogP contribution in [0.1, 0.15) is 11.1 Å². The van der Waals surface area contributed by atoms with Crippen molar-refractivity contribution >= 4 is 34.8 Å². The van der Waals surface area contributed by atoms with Crippen molar-refractivity contribution < 1.29 is 14.4 Å². The number of hydrogen-bond donors (Lipinski definition) is 0. The first kappa shape index (κ1) is 14.9. The number of hydrogen-bond acceptors (Lipinski definition) is 4. The summed E-state index contributed by atoms with van der Waals surface area (Å²) in [5.41, 5.74) is 2.59. The van der Waals surface area contributed by atoms with Gasteiger partial charge in [-0.05, 0) is 25.1 Å². The molecule has 0 N–H and O–H groups in total. The lowest BCUT2D eigenvalue weighted by Gasteiger charge is -2.15. The summed E-state index contributed by atoms with van der Waals surface area (Å²) in [6, 6.07) is 14.3. The zero-order valence-electron chi connectivity index (χ0n) is 12.8. The standard InChI is InChI=1S/C18H13ClN2O3/c1-10-6-8-11(9-7-10)21-17(22)14-15(20-24-16(14)18(21)23)12-4-2-3-5-13(12)19/h2-9,14,16H,1H3/t14-,16+/m0/s1. The number of rotatable bonds is 2. The summed E-state index contributed by atoms with van der Waals surface area (Å²) in [4.78, 5) is 31.9. The van der Waals surface area contributed by atoms with Gasteiger partial charge in [-0.15, -0.1) is 0 Å². The first-order chi connectivity index (χ1) is 11.6. The van der Waals surface area contributed by atoms with Crippen molar-refractivity contribution in [2.24, 2.45) is 11.1 Å². The van der Waals surface area contributed by atoms with E-state index in [0.29, 0.717) is 22.0 Å². The Labute approximate surface area is 143 Å². The molecule has 1 fully saturated rings. The van der Waals surface area contributed by atoms with Crippen LogP contribution in [-0.4, -0.2) is 23.6 Å². The van der Waals surface area contributed by atoms with E-state index in [1.165, 1.54) is 4.90 Å². The number of oxime groups is 1. The summed E-state index contributed by atoms with van der Waals surface area (Å²) >= 11 is 6.20. The smallest absolute Gasteiger partial charge is 0.278 e. The maximum Gasteiger partial charge on any atom is 0.278 e. The Hall–Kier alpha value is -2.66. The van der Waals surface area contributed by atoms with Crippen LogP contribution in [0.5, 0.6) is 0 Å². The van der Waals surface area contributed by atoms with Gasteiger partial charge in [0.25, 0.3) is 5.91 Å². The van der Waals surface area contributed by atoms with Crippen LogP contribution in [-0.2, 0) is 14.4 Å². The summed E-state index contributed by atoms with van der Waals surface area (Å²) < 4.78 is 0. The lowest BCUT2D eigenvalue weighted by molar-refractivity contribution is -0.126. The Kier molecular flexibility index (Phi) is 3.39. The molecule has 2 aromatic rings. The van der Waals surface area contributed by atoms with E-state index in [4.69, 9.17) is 16.4 Å². The fraction of sp³-hybridized carbons (Fsp3) is 0.167. The third-order valence-corrected chi connectivity index (χ3v) is 4.58. The van der Waals surface area contributed by atoms with Gasteiger partial charge in [-0.3, -0.25) is 9.59 Å². The van der Waals surface area contributed by atoms with E-state index in [1.807, 2.05) is 19.1 Å². The molecule has 6 heteroatoms. The highest BCUT2D eigenvalue weighted by molar-refractivity contribution is 6.38. The van der Waals surface area contributed by atoms with Gasteiger partial charge in [0.1, 0.15) is 11.6 Å². The maximum absolute atomic E-state index is 12.9. The third kappa shape index (κ3) is 2.12. The van der Waals surface area contributed by atoms with Crippen LogP contribution in [0.4, 0.5) is 5.69 Å². The van der Waals surface area contributed by atoms with Gasteiger partial charge in [-0.25, -0.2) is 4.90 Å². The number of benzene rings is 2. The Morgan fingerprint density at radius 1 is 1.04 bits per heavy atom. The van der Waals surface area contributed by atoms with Crippen LogP contribution in [0.15, 0.2) is 53.7 Å². The molecule has 2 atom stereocenters. The molecule has 2 aliphatic heterocycles. The Morgan fingerprint density at radius 2 is 1.75 bits per heavy atom. The van der Waals surface area contributed by atoms with Crippen LogP contribution in [0.3, 0.4) is 0 Å². The molecular formula is C18H13ClN2O3. The van der Waals surface area contributed by atoms with Gasteiger partial charge >= 0.3 is 0 Å². The Morgan fingerprint density at radius 3 is 2.46 bits per heavy atom.